The van der Waals surface area contributed by atoms with Gasteiger partial charge in [-0.25, -0.2) is 0 Å². The van der Waals surface area contributed by atoms with Crippen molar-refractivity contribution in [3.63, 3.8) is 0 Å². The molecule has 0 aliphatic carbocycles. The summed E-state index contributed by atoms with van der Waals surface area (Å²) in [7, 11) is 0. The lowest BCUT2D eigenvalue weighted by Crippen LogP contribution is -2.28. The Morgan fingerprint density at radius 1 is 1.12 bits per heavy atom. The Kier molecular flexibility index (Phi) is 5.68. The zero-order valence-electron chi connectivity index (χ0n) is 13.9. The molecule has 2 aromatic carbocycles. The van der Waals surface area contributed by atoms with Gasteiger partial charge in [0.25, 0.3) is 5.91 Å². The van der Waals surface area contributed by atoms with Gasteiger partial charge in [0.05, 0.1) is 5.92 Å². The smallest absolute Gasteiger partial charge is 0.311 e. The van der Waals surface area contributed by atoms with Gasteiger partial charge in [0.2, 0.25) is 5.91 Å². The third kappa shape index (κ3) is 4.49. The van der Waals surface area contributed by atoms with E-state index in [0.29, 0.717) is 5.69 Å². The number of carbonyl (C=O) groups is 3. The summed E-state index contributed by atoms with van der Waals surface area (Å²) >= 11 is 3.31. The number of nitrogens with zero attached hydrogens (tertiary/aromatic N) is 1. The summed E-state index contributed by atoms with van der Waals surface area (Å²) in [5.74, 6) is -1.66. The van der Waals surface area contributed by atoms with E-state index >= 15 is 0 Å². The molecular weight excluding hydrogens is 400 g/mol. The van der Waals surface area contributed by atoms with E-state index in [0.717, 1.165) is 10.2 Å². The van der Waals surface area contributed by atoms with Gasteiger partial charge in [-0.05, 0) is 36.4 Å². The van der Waals surface area contributed by atoms with Crippen molar-refractivity contribution in [3.05, 3.63) is 59.1 Å². The Balaban J connectivity index is 1.50. The Morgan fingerprint density at radius 3 is 2.50 bits per heavy atom. The number of hydrogen-bond donors (Lipinski definition) is 1. The van der Waals surface area contributed by atoms with Crippen LogP contribution in [0.4, 0.5) is 11.4 Å². The van der Waals surface area contributed by atoms with Crippen LogP contribution in [0.25, 0.3) is 0 Å². The number of para-hydroxylation sites is 1. The van der Waals surface area contributed by atoms with E-state index in [1.54, 1.807) is 29.2 Å². The molecule has 2 aromatic rings. The van der Waals surface area contributed by atoms with E-state index in [2.05, 4.69) is 21.2 Å². The van der Waals surface area contributed by atoms with E-state index in [1.165, 1.54) is 0 Å². The zero-order valence-corrected chi connectivity index (χ0v) is 15.4. The Labute approximate surface area is 159 Å². The summed E-state index contributed by atoms with van der Waals surface area (Å²) in [5.41, 5.74) is 1.36. The molecule has 3 rings (SSSR count). The lowest BCUT2D eigenvalue weighted by molar-refractivity contribution is -0.151. The van der Waals surface area contributed by atoms with Gasteiger partial charge in [0.15, 0.2) is 6.61 Å². The Morgan fingerprint density at radius 2 is 1.81 bits per heavy atom. The lowest BCUT2D eigenvalue weighted by Gasteiger charge is -2.16. The molecule has 2 amide bonds. The van der Waals surface area contributed by atoms with Crippen molar-refractivity contribution >= 4 is 45.1 Å². The number of nitrogens with one attached hydrogen (secondary N) is 1. The normalized spacial score (nSPS) is 16.4. The van der Waals surface area contributed by atoms with Gasteiger partial charge in [0, 0.05) is 28.8 Å². The van der Waals surface area contributed by atoms with E-state index < -0.39 is 17.8 Å². The van der Waals surface area contributed by atoms with Crippen LogP contribution in [0.15, 0.2) is 59.1 Å². The molecule has 7 heteroatoms. The van der Waals surface area contributed by atoms with Crippen molar-refractivity contribution in [2.45, 2.75) is 6.42 Å². The average Bonchev–Trinajstić information content (AvgIpc) is 3.04. The van der Waals surface area contributed by atoms with Crippen molar-refractivity contribution in [1.29, 1.82) is 0 Å². The van der Waals surface area contributed by atoms with Crippen molar-refractivity contribution in [1.82, 2.24) is 0 Å². The number of rotatable bonds is 5. The van der Waals surface area contributed by atoms with Crippen molar-refractivity contribution in [2.75, 3.05) is 23.4 Å². The van der Waals surface area contributed by atoms with Gasteiger partial charge in [-0.15, -0.1) is 0 Å². The predicted octanol–water partition coefficient (Wildman–Crippen LogP) is 2.98. The molecule has 1 N–H and O–H groups in total. The highest BCUT2D eigenvalue weighted by Gasteiger charge is 2.36. The topological polar surface area (TPSA) is 75.7 Å². The van der Waals surface area contributed by atoms with Gasteiger partial charge >= 0.3 is 5.97 Å². The number of hydrogen-bond acceptors (Lipinski definition) is 4. The van der Waals surface area contributed by atoms with Crippen LogP contribution in [0.1, 0.15) is 6.42 Å². The van der Waals surface area contributed by atoms with Crippen molar-refractivity contribution in [2.24, 2.45) is 5.92 Å². The van der Waals surface area contributed by atoms with E-state index in [1.807, 2.05) is 30.3 Å². The van der Waals surface area contributed by atoms with Gasteiger partial charge < -0.3 is 15.0 Å². The zero-order chi connectivity index (χ0) is 18.5. The summed E-state index contributed by atoms with van der Waals surface area (Å²) < 4.78 is 5.98. The number of halogens is 1. The second-order valence-corrected chi connectivity index (χ2v) is 6.82. The first-order chi connectivity index (χ1) is 12.5. The highest BCUT2D eigenvalue weighted by molar-refractivity contribution is 9.10. The molecule has 0 unspecified atom stereocenters. The third-order valence-corrected chi connectivity index (χ3v) is 4.53. The average molecular weight is 417 g/mol. The summed E-state index contributed by atoms with van der Waals surface area (Å²) in [6.07, 6.45) is 0.0854. The molecule has 6 nitrogen and oxygen atoms in total. The molecule has 0 bridgehead atoms. The van der Waals surface area contributed by atoms with Crippen LogP contribution in [0.2, 0.25) is 0 Å². The third-order valence-electron chi connectivity index (χ3n) is 4.00. The number of ether oxygens (including phenoxy) is 1. The maximum Gasteiger partial charge on any atom is 0.311 e. The molecule has 1 fully saturated rings. The van der Waals surface area contributed by atoms with Gasteiger partial charge in [-0.1, -0.05) is 34.1 Å². The van der Waals surface area contributed by atoms with Crippen LogP contribution in [0.3, 0.4) is 0 Å². The molecule has 1 aliphatic heterocycles. The van der Waals surface area contributed by atoms with Crippen LogP contribution in [-0.2, 0) is 19.1 Å². The van der Waals surface area contributed by atoms with Gasteiger partial charge in [-0.2, -0.15) is 0 Å². The minimum atomic E-state index is -0.566. The minimum absolute atomic E-state index is 0.0854. The maximum atomic E-state index is 12.2. The van der Waals surface area contributed by atoms with E-state index in [4.69, 9.17) is 4.74 Å². The summed E-state index contributed by atoms with van der Waals surface area (Å²) in [4.78, 5) is 37.8. The van der Waals surface area contributed by atoms with E-state index in [-0.39, 0.29) is 25.5 Å². The fraction of sp³-hybridized carbons (Fsp3) is 0.211. The number of esters is 1. The van der Waals surface area contributed by atoms with Crippen LogP contribution in [0.5, 0.6) is 0 Å². The standard InChI is InChI=1S/C19H17BrN2O4/c20-14-6-8-15(9-7-14)21-17(23)12-26-19(25)13-10-18(24)22(11-13)16-4-2-1-3-5-16/h1-9,13H,10-12H2,(H,21,23)/t13-/m1/s1. The van der Waals surface area contributed by atoms with Crippen LogP contribution < -0.4 is 10.2 Å². The number of anilines is 2. The molecule has 0 saturated carbocycles. The first-order valence-electron chi connectivity index (χ1n) is 8.10. The maximum absolute atomic E-state index is 12.2. The monoisotopic (exact) mass is 416 g/mol. The number of carbonyl (C=O) groups excluding carboxylic acids is 3. The van der Waals surface area contributed by atoms with Crippen molar-refractivity contribution < 1.29 is 19.1 Å². The van der Waals surface area contributed by atoms with Crippen LogP contribution >= 0.6 is 15.9 Å². The molecule has 0 radical (unpaired) electrons. The first-order valence-corrected chi connectivity index (χ1v) is 8.89. The highest BCUT2D eigenvalue weighted by Crippen LogP contribution is 2.25. The van der Waals surface area contributed by atoms with Gasteiger partial charge in [0.1, 0.15) is 0 Å². The molecule has 1 saturated heterocycles. The molecule has 26 heavy (non-hydrogen) atoms. The minimum Gasteiger partial charge on any atom is -0.455 e. The molecule has 0 spiro atoms. The molecule has 134 valence electrons. The fourth-order valence-electron chi connectivity index (χ4n) is 2.71. The SMILES string of the molecule is O=C(COC(=O)[C@@H]1CC(=O)N(c2ccccc2)C1)Nc1ccc(Br)cc1. The lowest BCUT2D eigenvalue weighted by atomic mass is 10.1. The molecule has 0 aromatic heterocycles. The second kappa shape index (κ2) is 8.14. The number of benzene rings is 2. The summed E-state index contributed by atoms with van der Waals surface area (Å²) in [6, 6.07) is 16.2. The Bertz CT molecular complexity index is 808. The van der Waals surface area contributed by atoms with E-state index in [9.17, 15) is 14.4 Å². The summed E-state index contributed by atoms with van der Waals surface area (Å²) in [5, 5.41) is 2.64. The summed E-state index contributed by atoms with van der Waals surface area (Å²) in [6.45, 7) is -0.124. The fourth-order valence-corrected chi connectivity index (χ4v) is 2.97. The first kappa shape index (κ1) is 18.1. The highest BCUT2D eigenvalue weighted by atomic mass is 79.9. The largest absolute Gasteiger partial charge is 0.455 e. The molecule has 1 atom stereocenters. The molecule has 1 heterocycles. The van der Waals surface area contributed by atoms with Crippen LogP contribution in [-0.4, -0.2) is 30.9 Å². The quantitative estimate of drug-likeness (QED) is 0.760. The van der Waals surface area contributed by atoms with Crippen molar-refractivity contribution in [3.8, 4) is 0 Å². The van der Waals surface area contributed by atoms with Gasteiger partial charge in [-0.3, -0.25) is 14.4 Å². The second-order valence-electron chi connectivity index (χ2n) is 5.90. The van der Waals surface area contributed by atoms with Crippen LogP contribution in [0, 0.1) is 5.92 Å². The predicted molar refractivity (Wildman–Crippen MR) is 101 cm³/mol. The molecule has 1 aliphatic rings. The number of amides is 2. The Hall–Kier alpha value is -2.67. The molecular formula is C19H17BrN2O4.